The highest BCUT2D eigenvalue weighted by atomic mass is 19.4. The minimum Gasteiger partial charge on any atom is -0.444 e. The molecule has 1 fully saturated rings. The summed E-state index contributed by atoms with van der Waals surface area (Å²) >= 11 is 0. The number of carbonyl (C=O) groups is 2. The number of hydrogen-bond acceptors (Lipinski definition) is 3. The number of amides is 2. The Morgan fingerprint density at radius 2 is 1.61 bits per heavy atom. The van der Waals surface area contributed by atoms with Gasteiger partial charge in [0.15, 0.2) is 0 Å². The number of hydrogen-bond donors (Lipinski definition) is 2. The van der Waals surface area contributed by atoms with Crippen LogP contribution in [0.2, 0.25) is 0 Å². The Morgan fingerprint density at radius 1 is 1.04 bits per heavy atom. The van der Waals surface area contributed by atoms with Crippen molar-refractivity contribution in [2.45, 2.75) is 58.2 Å². The molecular weight excluding hydrogens is 313 g/mol. The molecule has 1 aliphatic carbocycles. The van der Waals surface area contributed by atoms with Crippen LogP contribution in [0.4, 0.5) is 18.0 Å². The molecule has 0 aromatic carbocycles. The third kappa shape index (κ3) is 7.09. The van der Waals surface area contributed by atoms with Gasteiger partial charge in [-0.25, -0.2) is 4.79 Å². The molecule has 5 nitrogen and oxygen atoms in total. The van der Waals surface area contributed by atoms with E-state index in [9.17, 15) is 22.8 Å². The van der Waals surface area contributed by atoms with Crippen molar-refractivity contribution in [2.24, 2.45) is 11.8 Å². The van der Waals surface area contributed by atoms with Gasteiger partial charge in [0.1, 0.15) is 5.60 Å². The van der Waals surface area contributed by atoms with Gasteiger partial charge in [-0.2, -0.15) is 13.2 Å². The molecule has 0 aliphatic heterocycles. The van der Waals surface area contributed by atoms with E-state index in [0.29, 0.717) is 12.8 Å². The van der Waals surface area contributed by atoms with Crippen LogP contribution in [0.25, 0.3) is 0 Å². The highest BCUT2D eigenvalue weighted by Crippen LogP contribution is 2.41. The first-order valence-electron chi connectivity index (χ1n) is 7.82. The maximum Gasteiger partial charge on any atom is 0.407 e. The van der Waals surface area contributed by atoms with Crippen molar-refractivity contribution in [3.8, 4) is 0 Å². The number of carbonyl (C=O) groups excluding carboxylic acids is 2. The summed E-state index contributed by atoms with van der Waals surface area (Å²) in [6.45, 7) is 5.32. The zero-order valence-corrected chi connectivity index (χ0v) is 13.8. The number of alkyl halides is 3. The van der Waals surface area contributed by atoms with E-state index in [0.717, 1.165) is 0 Å². The number of nitrogens with one attached hydrogen (secondary N) is 2. The summed E-state index contributed by atoms with van der Waals surface area (Å²) in [6, 6.07) is 0. The Labute approximate surface area is 134 Å². The molecule has 1 rings (SSSR count). The molecule has 0 radical (unpaired) electrons. The third-order valence-electron chi connectivity index (χ3n) is 3.62. The van der Waals surface area contributed by atoms with Gasteiger partial charge in [0.25, 0.3) is 0 Å². The summed E-state index contributed by atoms with van der Waals surface area (Å²) in [4.78, 5) is 23.4. The van der Waals surface area contributed by atoms with Gasteiger partial charge >= 0.3 is 12.3 Å². The van der Waals surface area contributed by atoms with Crippen LogP contribution in [-0.4, -0.2) is 36.9 Å². The zero-order chi connectivity index (χ0) is 17.7. The van der Waals surface area contributed by atoms with Crippen LogP contribution in [0, 0.1) is 11.8 Å². The minimum atomic E-state index is -4.35. The first kappa shape index (κ1) is 19.6. The van der Waals surface area contributed by atoms with E-state index in [-0.39, 0.29) is 25.9 Å². The second-order valence-electron chi connectivity index (χ2n) is 6.76. The van der Waals surface area contributed by atoms with E-state index in [1.54, 1.807) is 20.8 Å². The first-order chi connectivity index (χ1) is 10.5. The standard InChI is InChI=1S/C15H25F3N2O3/c1-14(2,3)23-13(22)20-9-8-19-12(21)10-6-4-5-7-11(10)15(16,17)18/h10-11H,4-9H2,1-3H3,(H,19,21)(H,20,22). The minimum absolute atomic E-state index is 0.00224. The molecule has 0 aromatic rings. The summed E-state index contributed by atoms with van der Waals surface area (Å²) in [6.07, 6.45) is -3.61. The van der Waals surface area contributed by atoms with Crippen LogP contribution in [0.1, 0.15) is 46.5 Å². The van der Waals surface area contributed by atoms with Crippen LogP contribution in [0.15, 0.2) is 0 Å². The van der Waals surface area contributed by atoms with E-state index < -0.39 is 35.6 Å². The van der Waals surface area contributed by atoms with E-state index >= 15 is 0 Å². The molecule has 0 saturated heterocycles. The fraction of sp³-hybridized carbons (Fsp3) is 0.867. The molecule has 2 atom stereocenters. The molecule has 2 amide bonds. The Bertz CT molecular complexity index is 419. The topological polar surface area (TPSA) is 67.4 Å². The highest BCUT2D eigenvalue weighted by molar-refractivity contribution is 5.79. The van der Waals surface area contributed by atoms with Crippen molar-refractivity contribution in [1.82, 2.24) is 10.6 Å². The smallest absolute Gasteiger partial charge is 0.407 e. The average molecular weight is 338 g/mol. The molecule has 134 valence electrons. The van der Waals surface area contributed by atoms with E-state index in [1.165, 1.54) is 0 Å². The second-order valence-corrected chi connectivity index (χ2v) is 6.76. The van der Waals surface area contributed by atoms with Crippen LogP contribution < -0.4 is 10.6 Å². The van der Waals surface area contributed by atoms with Crippen LogP contribution >= 0.6 is 0 Å². The number of ether oxygens (including phenoxy) is 1. The highest BCUT2D eigenvalue weighted by Gasteiger charge is 2.47. The Morgan fingerprint density at radius 3 is 2.17 bits per heavy atom. The lowest BCUT2D eigenvalue weighted by atomic mass is 9.78. The zero-order valence-electron chi connectivity index (χ0n) is 13.8. The normalized spacial score (nSPS) is 22.3. The number of alkyl carbamates (subject to hydrolysis) is 1. The monoisotopic (exact) mass is 338 g/mol. The predicted octanol–water partition coefficient (Wildman–Crippen LogP) is 3.00. The van der Waals surface area contributed by atoms with Crippen LogP contribution in [-0.2, 0) is 9.53 Å². The molecule has 2 unspecified atom stereocenters. The fourth-order valence-corrected chi connectivity index (χ4v) is 2.63. The summed E-state index contributed by atoms with van der Waals surface area (Å²) in [5.41, 5.74) is -0.630. The molecule has 1 saturated carbocycles. The van der Waals surface area contributed by atoms with Gasteiger partial charge in [-0.1, -0.05) is 12.8 Å². The SMILES string of the molecule is CC(C)(C)OC(=O)NCCNC(=O)C1CCCCC1C(F)(F)F. The van der Waals surface area contributed by atoms with Gasteiger partial charge in [-0.3, -0.25) is 4.79 Å². The Kier molecular flexibility index (Phi) is 6.70. The molecule has 8 heteroatoms. The van der Waals surface area contributed by atoms with Crippen LogP contribution in [0.5, 0.6) is 0 Å². The van der Waals surface area contributed by atoms with Crippen molar-refractivity contribution < 1.29 is 27.5 Å². The Hall–Kier alpha value is -1.47. The van der Waals surface area contributed by atoms with Crippen molar-refractivity contribution >= 4 is 12.0 Å². The number of rotatable bonds is 4. The lowest BCUT2D eigenvalue weighted by molar-refractivity contribution is -0.198. The molecule has 0 heterocycles. The molecule has 0 aromatic heterocycles. The predicted molar refractivity (Wildman–Crippen MR) is 78.7 cm³/mol. The van der Waals surface area contributed by atoms with Gasteiger partial charge in [-0.15, -0.1) is 0 Å². The van der Waals surface area contributed by atoms with Gasteiger partial charge in [0, 0.05) is 19.0 Å². The summed E-state index contributed by atoms with van der Waals surface area (Å²) in [7, 11) is 0. The molecular formula is C15H25F3N2O3. The first-order valence-corrected chi connectivity index (χ1v) is 7.82. The van der Waals surface area contributed by atoms with E-state index in [2.05, 4.69) is 10.6 Å². The van der Waals surface area contributed by atoms with Crippen molar-refractivity contribution in [2.75, 3.05) is 13.1 Å². The van der Waals surface area contributed by atoms with E-state index in [4.69, 9.17) is 4.74 Å². The molecule has 0 spiro atoms. The molecule has 2 N–H and O–H groups in total. The number of halogens is 3. The summed E-state index contributed by atoms with van der Waals surface area (Å²) in [5, 5.41) is 4.90. The lowest BCUT2D eigenvalue weighted by Crippen LogP contribution is -2.44. The average Bonchev–Trinajstić information content (AvgIpc) is 2.40. The largest absolute Gasteiger partial charge is 0.444 e. The lowest BCUT2D eigenvalue weighted by Gasteiger charge is -2.32. The second kappa shape index (κ2) is 7.88. The van der Waals surface area contributed by atoms with Crippen molar-refractivity contribution in [1.29, 1.82) is 0 Å². The fourth-order valence-electron chi connectivity index (χ4n) is 2.63. The van der Waals surface area contributed by atoms with Gasteiger partial charge in [-0.05, 0) is 33.6 Å². The van der Waals surface area contributed by atoms with E-state index in [1.807, 2.05) is 0 Å². The Balaban J connectivity index is 2.37. The van der Waals surface area contributed by atoms with Crippen molar-refractivity contribution in [3.63, 3.8) is 0 Å². The molecule has 0 bridgehead atoms. The molecule has 23 heavy (non-hydrogen) atoms. The van der Waals surface area contributed by atoms with Gasteiger partial charge in [0.2, 0.25) is 5.91 Å². The van der Waals surface area contributed by atoms with Crippen LogP contribution in [0.3, 0.4) is 0 Å². The maximum absolute atomic E-state index is 12.9. The summed E-state index contributed by atoms with van der Waals surface area (Å²) < 4.78 is 43.9. The quantitative estimate of drug-likeness (QED) is 0.775. The maximum atomic E-state index is 12.9. The molecule has 1 aliphatic rings. The van der Waals surface area contributed by atoms with Gasteiger partial charge < -0.3 is 15.4 Å². The summed E-state index contributed by atoms with van der Waals surface area (Å²) in [5.74, 6) is -3.21. The van der Waals surface area contributed by atoms with Crippen molar-refractivity contribution in [3.05, 3.63) is 0 Å². The third-order valence-corrected chi connectivity index (χ3v) is 3.62. The van der Waals surface area contributed by atoms with Gasteiger partial charge in [0.05, 0.1) is 5.92 Å².